The molecule has 0 amide bonds. The van der Waals surface area contributed by atoms with Crippen LogP contribution in [0, 0.1) is 6.92 Å². The summed E-state index contributed by atoms with van der Waals surface area (Å²) in [5.41, 5.74) is 0.199. The minimum atomic E-state index is -0.310. The number of carbonyl (C=O) groups excluding carboxylic acids is 1. The number of fused-ring (bicyclic) bond motifs is 1. The molecule has 0 spiro atoms. The van der Waals surface area contributed by atoms with Gasteiger partial charge in [-0.05, 0) is 30.5 Å². The molecule has 2 aromatic heterocycles. The molecule has 0 aliphatic rings. The molecule has 0 atom stereocenters. The van der Waals surface area contributed by atoms with Crippen molar-refractivity contribution in [3.8, 4) is 5.75 Å². The van der Waals surface area contributed by atoms with Crippen LogP contribution in [0.3, 0.4) is 0 Å². The first-order valence-corrected chi connectivity index (χ1v) is 7.19. The molecule has 3 aromatic rings. The van der Waals surface area contributed by atoms with Gasteiger partial charge in [-0.1, -0.05) is 6.07 Å². The summed E-state index contributed by atoms with van der Waals surface area (Å²) in [6.07, 6.45) is 0. The first kappa shape index (κ1) is 13.6. The van der Waals surface area contributed by atoms with Crippen LogP contribution in [-0.4, -0.2) is 12.9 Å². The lowest BCUT2D eigenvalue weighted by atomic mass is 10.1. The number of benzene rings is 1. The second kappa shape index (κ2) is 5.18. The molecular weight excluding hydrogens is 288 g/mol. The van der Waals surface area contributed by atoms with E-state index in [0.717, 1.165) is 0 Å². The van der Waals surface area contributed by atoms with Gasteiger partial charge in [0.25, 0.3) is 0 Å². The topological polar surface area (TPSA) is 56.5 Å². The van der Waals surface area contributed by atoms with E-state index in [1.165, 1.54) is 11.3 Å². The fourth-order valence-electron chi connectivity index (χ4n) is 2.21. The van der Waals surface area contributed by atoms with Gasteiger partial charge in [-0.2, -0.15) is 0 Å². The normalized spacial score (nSPS) is 10.8. The number of hydrogen-bond donors (Lipinski definition) is 0. The van der Waals surface area contributed by atoms with Gasteiger partial charge in [0.15, 0.2) is 0 Å². The maximum atomic E-state index is 12.6. The Hall–Kier alpha value is -2.40. The van der Waals surface area contributed by atoms with Gasteiger partial charge in [-0.25, -0.2) is 0 Å². The summed E-state index contributed by atoms with van der Waals surface area (Å²) in [4.78, 5) is 25.5. The number of methoxy groups -OCH3 is 1. The molecule has 0 saturated carbocycles. The maximum Gasteiger partial charge on any atom is 0.210 e. The largest absolute Gasteiger partial charge is 0.497 e. The number of ether oxygens (including phenoxy) is 1. The number of thiophene rings is 1. The second-order valence-electron chi connectivity index (χ2n) is 4.53. The zero-order chi connectivity index (χ0) is 15.0. The van der Waals surface area contributed by atoms with E-state index in [1.807, 2.05) is 0 Å². The van der Waals surface area contributed by atoms with Gasteiger partial charge in [0.1, 0.15) is 22.7 Å². The number of rotatable bonds is 3. The van der Waals surface area contributed by atoms with E-state index in [4.69, 9.17) is 9.15 Å². The van der Waals surface area contributed by atoms with Crippen molar-refractivity contribution in [3.05, 3.63) is 62.1 Å². The van der Waals surface area contributed by atoms with Crippen molar-refractivity contribution in [2.75, 3.05) is 7.11 Å². The third-order valence-electron chi connectivity index (χ3n) is 3.25. The molecule has 0 N–H and O–H groups in total. The average molecular weight is 300 g/mol. The molecule has 1 aromatic carbocycles. The Morgan fingerprint density at radius 2 is 2.10 bits per heavy atom. The lowest BCUT2D eigenvalue weighted by molar-refractivity contribution is 0.103. The Kier molecular flexibility index (Phi) is 3.35. The number of ketones is 1. The highest BCUT2D eigenvalue weighted by Crippen LogP contribution is 2.23. The Morgan fingerprint density at radius 3 is 2.76 bits per heavy atom. The third-order valence-corrected chi connectivity index (χ3v) is 4.12. The molecule has 0 bridgehead atoms. The van der Waals surface area contributed by atoms with Crippen LogP contribution >= 0.6 is 11.3 Å². The smallest absolute Gasteiger partial charge is 0.210 e. The van der Waals surface area contributed by atoms with Gasteiger partial charge in [-0.15, -0.1) is 11.3 Å². The van der Waals surface area contributed by atoms with E-state index in [0.29, 0.717) is 27.4 Å². The minimum absolute atomic E-state index is 0.0927. The molecule has 2 heterocycles. The Labute approximate surface area is 124 Å². The summed E-state index contributed by atoms with van der Waals surface area (Å²) >= 11 is 1.30. The van der Waals surface area contributed by atoms with E-state index in [9.17, 15) is 9.59 Å². The van der Waals surface area contributed by atoms with E-state index in [2.05, 4.69) is 0 Å². The molecule has 0 saturated heterocycles. The molecule has 4 nitrogen and oxygen atoms in total. The summed E-state index contributed by atoms with van der Waals surface area (Å²) in [5.74, 6) is 0.621. The third kappa shape index (κ3) is 2.25. The lowest BCUT2D eigenvalue weighted by Gasteiger charge is -2.06. The number of hydrogen-bond acceptors (Lipinski definition) is 5. The van der Waals surface area contributed by atoms with Gasteiger partial charge in [-0.3, -0.25) is 9.59 Å². The van der Waals surface area contributed by atoms with Gasteiger partial charge in [0.2, 0.25) is 11.2 Å². The Bertz CT molecular complexity index is 875. The Morgan fingerprint density at radius 1 is 1.29 bits per heavy atom. The molecule has 0 aliphatic heterocycles. The van der Waals surface area contributed by atoms with E-state index >= 15 is 0 Å². The van der Waals surface area contributed by atoms with Gasteiger partial charge in [0, 0.05) is 6.07 Å². The van der Waals surface area contributed by atoms with E-state index in [-0.39, 0.29) is 16.8 Å². The summed E-state index contributed by atoms with van der Waals surface area (Å²) in [6, 6.07) is 8.41. The quantitative estimate of drug-likeness (QED) is 0.696. The van der Waals surface area contributed by atoms with Crippen LogP contribution in [-0.2, 0) is 0 Å². The molecule has 0 radical (unpaired) electrons. The summed E-state index contributed by atoms with van der Waals surface area (Å²) in [7, 11) is 1.54. The van der Waals surface area contributed by atoms with Crippen LogP contribution in [0.15, 0.2) is 44.9 Å². The van der Waals surface area contributed by atoms with Crippen LogP contribution in [0.1, 0.15) is 21.0 Å². The fraction of sp³-hybridized carbons (Fsp3) is 0.125. The molecule has 0 unspecified atom stereocenters. The number of aryl methyl sites for hydroxylation is 1. The first-order valence-electron chi connectivity index (χ1n) is 6.31. The van der Waals surface area contributed by atoms with Crippen LogP contribution in [0.5, 0.6) is 5.75 Å². The standard InChI is InChI=1S/C16H12O4S/c1-9-14(16(18)13-4-3-7-21-13)15(17)11-6-5-10(19-2)8-12(11)20-9/h3-8H,1-2H3. The molecule has 0 fully saturated rings. The predicted molar refractivity (Wildman–Crippen MR) is 81.5 cm³/mol. The molecule has 5 heteroatoms. The van der Waals surface area contributed by atoms with Crippen molar-refractivity contribution in [1.82, 2.24) is 0 Å². The highest BCUT2D eigenvalue weighted by Gasteiger charge is 2.20. The van der Waals surface area contributed by atoms with Crippen molar-refractivity contribution < 1.29 is 13.9 Å². The molecule has 106 valence electrons. The maximum absolute atomic E-state index is 12.6. The monoisotopic (exact) mass is 300 g/mol. The zero-order valence-electron chi connectivity index (χ0n) is 11.5. The summed E-state index contributed by atoms with van der Waals surface area (Å²) in [6.45, 7) is 1.63. The second-order valence-corrected chi connectivity index (χ2v) is 5.48. The predicted octanol–water partition coefficient (Wildman–Crippen LogP) is 3.40. The van der Waals surface area contributed by atoms with Crippen molar-refractivity contribution in [2.45, 2.75) is 6.92 Å². The number of carbonyl (C=O) groups is 1. The average Bonchev–Trinajstić information content (AvgIpc) is 3.00. The molecule has 3 rings (SSSR count). The van der Waals surface area contributed by atoms with Crippen LogP contribution in [0.25, 0.3) is 11.0 Å². The van der Waals surface area contributed by atoms with Gasteiger partial charge < -0.3 is 9.15 Å². The zero-order valence-corrected chi connectivity index (χ0v) is 12.3. The first-order chi connectivity index (χ1) is 10.1. The van der Waals surface area contributed by atoms with E-state index in [1.54, 1.807) is 49.7 Å². The van der Waals surface area contributed by atoms with Gasteiger partial charge in [0.05, 0.1) is 17.4 Å². The molecular formula is C16H12O4S. The van der Waals surface area contributed by atoms with Crippen molar-refractivity contribution in [1.29, 1.82) is 0 Å². The van der Waals surface area contributed by atoms with E-state index < -0.39 is 0 Å². The summed E-state index contributed by atoms with van der Waals surface area (Å²) < 4.78 is 10.8. The van der Waals surface area contributed by atoms with Crippen LogP contribution in [0.2, 0.25) is 0 Å². The fourth-order valence-corrected chi connectivity index (χ4v) is 2.88. The molecule has 21 heavy (non-hydrogen) atoms. The van der Waals surface area contributed by atoms with Crippen molar-refractivity contribution >= 4 is 28.1 Å². The summed E-state index contributed by atoms with van der Waals surface area (Å²) in [5, 5.41) is 2.18. The van der Waals surface area contributed by atoms with Crippen LogP contribution in [0.4, 0.5) is 0 Å². The van der Waals surface area contributed by atoms with Gasteiger partial charge >= 0.3 is 0 Å². The minimum Gasteiger partial charge on any atom is -0.497 e. The van der Waals surface area contributed by atoms with Crippen molar-refractivity contribution in [3.63, 3.8) is 0 Å². The lowest BCUT2D eigenvalue weighted by Crippen LogP contribution is -2.17. The molecule has 0 aliphatic carbocycles. The highest BCUT2D eigenvalue weighted by molar-refractivity contribution is 7.12. The van der Waals surface area contributed by atoms with Crippen molar-refractivity contribution in [2.24, 2.45) is 0 Å². The highest BCUT2D eigenvalue weighted by atomic mass is 32.1. The SMILES string of the molecule is COc1ccc2c(=O)c(C(=O)c3cccs3)c(C)oc2c1. The van der Waals surface area contributed by atoms with Crippen LogP contribution < -0.4 is 10.2 Å². The Balaban J connectivity index is 2.25.